The summed E-state index contributed by atoms with van der Waals surface area (Å²) >= 11 is 5.96. The molecule has 0 saturated heterocycles. The van der Waals surface area contributed by atoms with E-state index in [4.69, 9.17) is 16.0 Å². The molecule has 1 aromatic carbocycles. The van der Waals surface area contributed by atoms with Crippen LogP contribution in [0.15, 0.2) is 28.7 Å². The molecule has 0 bridgehead atoms. The number of aliphatic hydroxyl groups is 1. The first-order valence-corrected chi connectivity index (χ1v) is 7.08. The van der Waals surface area contributed by atoms with E-state index >= 15 is 0 Å². The second kappa shape index (κ2) is 4.82. The number of nitrogens with one attached hydrogen (secondary N) is 1. The molecule has 1 unspecified atom stereocenters. The molecule has 1 aliphatic carbocycles. The van der Waals surface area contributed by atoms with Crippen LogP contribution in [0, 0.1) is 0 Å². The second-order valence-corrected chi connectivity index (χ2v) is 5.95. The van der Waals surface area contributed by atoms with Gasteiger partial charge in [0.1, 0.15) is 11.3 Å². The van der Waals surface area contributed by atoms with Gasteiger partial charge in [-0.25, -0.2) is 0 Å². The third kappa shape index (κ3) is 2.64. The normalized spacial score (nSPS) is 19.3. The maximum absolute atomic E-state index is 10.1. The van der Waals surface area contributed by atoms with Crippen LogP contribution in [0.3, 0.4) is 0 Å². The molecule has 19 heavy (non-hydrogen) atoms. The lowest BCUT2D eigenvalue weighted by molar-refractivity contribution is -0.0332. The average molecular weight is 280 g/mol. The molecular formula is C15H18ClNO2. The number of halogens is 1. The zero-order chi connectivity index (χ0) is 13.5. The number of hydrogen-bond donors (Lipinski definition) is 2. The summed E-state index contributed by atoms with van der Waals surface area (Å²) in [6.07, 6.45) is 2.90. The van der Waals surface area contributed by atoms with E-state index in [0.29, 0.717) is 11.6 Å². The van der Waals surface area contributed by atoms with E-state index in [9.17, 15) is 5.11 Å². The Morgan fingerprint density at radius 3 is 2.89 bits per heavy atom. The zero-order valence-electron chi connectivity index (χ0n) is 10.9. The molecule has 1 atom stereocenters. The summed E-state index contributed by atoms with van der Waals surface area (Å²) in [5, 5.41) is 15.1. The molecule has 0 aliphatic heterocycles. The molecule has 2 N–H and O–H groups in total. The molecule has 1 aromatic heterocycles. The van der Waals surface area contributed by atoms with Gasteiger partial charge < -0.3 is 14.8 Å². The number of benzene rings is 1. The minimum Gasteiger partial charge on any atom is -0.459 e. The number of furan rings is 1. The Kier molecular flexibility index (Phi) is 3.29. The van der Waals surface area contributed by atoms with Crippen molar-refractivity contribution in [3.63, 3.8) is 0 Å². The first-order valence-electron chi connectivity index (χ1n) is 6.71. The van der Waals surface area contributed by atoms with Crippen molar-refractivity contribution in [3.8, 4) is 0 Å². The van der Waals surface area contributed by atoms with Crippen molar-refractivity contribution in [3.05, 3.63) is 35.0 Å². The van der Waals surface area contributed by atoms with Crippen LogP contribution in [0.4, 0.5) is 0 Å². The largest absolute Gasteiger partial charge is 0.459 e. The van der Waals surface area contributed by atoms with Gasteiger partial charge in [0.2, 0.25) is 0 Å². The van der Waals surface area contributed by atoms with E-state index in [1.807, 2.05) is 31.2 Å². The quantitative estimate of drug-likeness (QED) is 0.898. The Labute approximate surface area is 117 Å². The van der Waals surface area contributed by atoms with Gasteiger partial charge in [-0.2, -0.15) is 0 Å². The van der Waals surface area contributed by atoms with Crippen molar-refractivity contribution < 1.29 is 9.52 Å². The van der Waals surface area contributed by atoms with Crippen molar-refractivity contribution in [2.75, 3.05) is 6.54 Å². The molecule has 1 aliphatic rings. The van der Waals surface area contributed by atoms with Crippen LogP contribution in [-0.2, 0) is 0 Å². The molecule has 0 amide bonds. The topological polar surface area (TPSA) is 45.4 Å². The van der Waals surface area contributed by atoms with E-state index in [2.05, 4.69) is 5.32 Å². The fourth-order valence-electron chi connectivity index (χ4n) is 2.45. The Morgan fingerprint density at radius 1 is 1.42 bits per heavy atom. The Morgan fingerprint density at radius 2 is 2.21 bits per heavy atom. The third-order valence-corrected chi connectivity index (χ3v) is 4.18. The first-order chi connectivity index (χ1) is 9.06. The predicted octanol–water partition coefficient (Wildman–Crippen LogP) is 3.65. The maximum Gasteiger partial charge on any atom is 0.134 e. The van der Waals surface area contributed by atoms with E-state index in [0.717, 1.165) is 36.0 Å². The fourth-order valence-corrected chi connectivity index (χ4v) is 2.63. The monoisotopic (exact) mass is 279 g/mol. The fraction of sp³-hybridized carbons (Fsp3) is 0.467. The summed E-state index contributed by atoms with van der Waals surface area (Å²) in [7, 11) is 0. The molecule has 4 heteroatoms. The van der Waals surface area contributed by atoms with Gasteiger partial charge in [0.25, 0.3) is 0 Å². The Bertz CT molecular complexity index is 589. The second-order valence-electron chi connectivity index (χ2n) is 5.51. The molecule has 2 aromatic rings. The zero-order valence-corrected chi connectivity index (χ0v) is 11.7. The minimum atomic E-state index is -0.510. The van der Waals surface area contributed by atoms with Gasteiger partial charge in [-0.1, -0.05) is 11.6 Å². The molecule has 1 fully saturated rings. The molecule has 0 radical (unpaired) electrons. The predicted molar refractivity (Wildman–Crippen MR) is 76.4 cm³/mol. The van der Waals surface area contributed by atoms with Crippen molar-refractivity contribution >= 4 is 22.6 Å². The van der Waals surface area contributed by atoms with Gasteiger partial charge in [0.15, 0.2) is 0 Å². The third-order valence-electron chi connectivity index (χ3n) is 3.95. The number of hydrogen-bond acceptors (Lipinski definition) is 3. The van der Waals surface area contributed by atoms with Crippen LogP contribution in [0.25, 0.3) is 11.0 Å². The van der Waals surface area contributed by atoms with Crippen LogP contribution in [0.5, 0.6) is 0 Å². The smallest absolute Gasteiger partial charge is 0.134 e. The van der Waals surface area contributed by atoms with Gasteiger partial charge in [-0.15, -0.1) is 0 Å². The Hall–Kier alpha value is -1.03. The lowest BCUT2D eigenvalue weighted by Gasteiger charge is -2.37. The lowest BCUT2D eigenvalue weighted by atomic mass is 9.80. The molecule has 3 rings (SSSR count). The van der Waals surface area contributed by atoms with Crippen LogP contribution >= 0.6 is 11.6 Å². The van der Waals surface area contributed by atoms with E-state index < -0.39 is 5.60 Å². The van der Waals surface area contributed by atoms with Crippen LogP contribution in [-0.4, -0.2) is 17.3 Å². The highest BCUT2D eigenvalue weighted by atomic mass is 35.5. The van der Waals surface area contributed by atoms with Gasteiger partial charge in [-0.05, 0) is 50.5 Å². The van der Waals surface area contributed by atoms with E-state index in [1.165, 1.54) is 0 Å². The van der Waals surface area contributed by atoms with Gasteiger partial charge in [0.05, 0.1) is 11.6 Å². The lowest BCUT2D eigenvalue weighted by Crippen LogP contribution is -2.46. The molecule has 0 spiro atoms. The van der Waals surface area contributed by atoms with Gasteiger partial charge in [-0.3, -0.25) is 0 Å². The van der Waals surface area contributed by atoms with Crippen molar-refractivity contribution in [2.24, 2.45) is 0 Å². The number of fused-ring (bicyclic) bond motifs is 1. The Balaban J connectivity index is 1.72. The van der Waals surface area contributed by atoms with Crippen LogP contribution < -0.4 is 5.32 Å². The molecule has 1 saturated carbocycles. The molecular weight excluding hydrogens is 262 g/mol. The average Bonchev–Trinajstić information content (AvgIpc) is 2.76. The summed E-state index contributed by atoms with van der Waals surface area (Å²) in [4.78, 5) is 0. The summed E-state index contributed by atoms with van der Waals surface area (Å²) in [6, 6.07) is 7.69. The van der Waals surface area contributed by atoms with Crippen molar-refractivity contribution in [1.29, 1.82) is 0 Å². The SMILES string of the molecule is CC(NCC1(O)CCC1)c1cc2cc(Cl)ccc2o1. The molecule has 102 valence electrons. The minimum absolute atomic E-state index is 0.0794. The highest BCUT2D eigenvalue weighted by Crippen LogP contribution is 2.32. The standard InChI is InChI=1S/C15H18ClNO2/c1-10(17-9-15(18)5-2-6-15)14-8-11-7-12(16)3-4-13(11)19-14/h3-4,7-8,10,17-18H,2,5-6,9H2,1H3. The molecule has 1 heterocycles. The first kappa shape index (κ1) is 13.0. The van der Waals surface area contributed by atoms with Crippen LogP contribution in [0.1, 0.15) is 38.0 Å². The van der Waals surface area contributed by atoms with Crippen molar-refractivity contribution in [2.45, 2.75) is 37.8 Å². The molecule has 3 nitrogen and oxygen atoms in total. The van der Waals surface area contributed by atoms with E-state index in [1.54, 1.807) is 0 Å². The maximum atomic E-state index is 10.1. The summed E-state index contributed by atoms with van der Waals surface area (Å²) in [6.45, 7) is 2.66. The van der Waals surface area contributed by atoms with Gasteiger partial charge >= 0.3 is 0 Å². The highest BCUT2D eigenvalue weighted by molar-refractivity contribution is 6.31. The summed E-state index contributed by atoms with van der Waals surface area (Å²) in [5.41, 5.74) is 0.333. The van der Waals surface area contributed by atoms with Crippen LogP contribution in [0.2, 0.25) is 5.02 Å². The van der Waals surface area contributed by atoms with E-state index in [-0.39, 0.29) is 6.04 Å². The van der Waals surface area contributed by atoms with Gasteiger partial charge in [0, 0.05) is 17.0 Å². The van der Waals surface area contributed by atoms with Crippen molar-refractivity contribution in [1.82, 2.24) is 5.32 Å². The summed E-state index contributed by atoms with van der Waals surface area (Å²) in [5.74, 6) is 0.875. The number of rotatable bonds is 4. The highest BCUT2D eigenvalue weighted by Gasteiger charge is 2.34. The summed E-state index contributed by atoms with van der Waals surface area (Å²) < 4.78 is 5.80.